The number of amides is 1. The van der Waals surface area contributed by atoms with Crippen LogP contribution in [0, 0.1) is 5.92 Å². The standard InChI is InChI=1S/C22H30N2O2/c1-23-19-10-12-22(13-11-19)16-24(21(25)14-17-6-2-3-7-17)15-18-8-4-5-9-20(18)26-22/h2,4-6,8-9,17,19,23H,3,7,10-16H2,1H3/t17-,19?,22?/m1/s1. The number of hydrogen-bond donors (Lipinski definition) is 1. The van der Waals surface area contributed by atoms with Crippen LogP contribution < -0.4 is 10.1 Å². The zero-order valence-corrected chi connectivity index (χ0v) is 15.7. The Bertz CT molecular complexity index is 676. The third kappa shape index (κ3) is 3.66. The van der Waals surface area contributed by atoms with Gasteiger partial charge in [0, 0.05) is 24.6 Å². The number of benzene rings is 1. The molecular formula is C22H30N2O2. The molecule has 0 radical (unpaired) electrons. The highest BCUT2D eigenvalue weighted by Gasteiger charge is 2.42. The molecule has 1 aromatic rings. The van der Waals surface area contributed by atoms with Gasteiger partial charge in [-0.15, -0.1) is 0 Å². The minimum atomic E-state index is -0.235. The molecule has 0 unspecified atom stereocenters. The largest absolute Gasteiger partial charge is 0.485 e. The highest BCUT2D eigenvalue weighted by Crippen LogP contribution is 2.38. The van der Waals surface area contributed by atoms with Gasteiger partial charge in [-0.05, 0) is 57.6 Å². The molecule has 4 rings (SSSR count). The van der Waals surface area contributed by atoms with Gasteiger partial charge >= 0.3 is 0 Å². The zero-order chi connectivity index (χ0) is 18.0. The molecule has 1 heterocycles. The number of carbonyl (C=O) groups is 1. The van der Waals surface area contributed by atoms with Crippen molar-refractivity contribution in [1.82, 2.24) is 10.2 Å². The number of nitrogens with one attached hydrogen (secondary N) is 1. The van der Waals surface area contributed by atoms with Crippen LogP contribution in [0.15, 0.2) is 36.4 Å². The SMILES string of the molecule is CNC1CCC2(CC1)CN(C(=O)C[C@@H]1C=CCC1)Cc1ccccc1O2. The van der Waals surface area contributed by atoms with Crippen molar-refractivity contribution in [1.29, 1.82) is 0 Å². The Morgan fingerprint density at radius 1 is 1.27 bits per heavy atom. The quantitative estimate of drug-likeness (QED) is 0.842. The molecule has 1 fully saturated rings. The Hall–Kier alpha value is -1.81. The molecule has 26 heavy (non-hydrogen) atoms. The van der Waals surface area contributed by atoms with Crippen molar-refractivity contribution in [2.45, 2.75) is 63.1 Å². The summed E-state index contributed by atoms with van der Waals surface area (Å²) < 4.78 is 6.59. The fourth-order valence-electron chi connectivity index (χ4n) is 4.70. The van der Waals surface area contributed by atoms with Crippen LogP contribution in [0.1, 0.15) is 50.5 Å². The number of hydrogen-bond acceptors (Lipinski definition) is 3. The van der Waals surface area contributed by atoms with Crippen LogP contribution in [0.25, 0.3) is 0 Å². The summed E-state index contributed by atoms with van der Waals surface area (Å²) in [5.41, 5.74) is 0.900. The number of allylic oxidation sites excluding steroid dienone is 2. The predicted octanol–water partition coefficient (Wildman–Crippen LogP) is 3.66. The molecule has 3 aliphatic rings. The lowest BCUT2D eigenvalue weighted by atomic mass is 9.81. The van der Waals surface area contributed by atoms with E-state index in [-0.39, 0.29) is 11.5 Å². The first-order valence-corrected chi connectivity index (χ1v) is 10.1. The fourth-order valence-corrected chi connectivity index (χ4v) is 4.70. The lowest BCUT2D eigenvalue weighted by Crippen LogP contribution is -2.51. The van der Waals surface area contributed by atoms with Crippen molar-refractivity contribution in [3.63, 3.8) is 0 Å². The highest BCUT2D eigenvalue weighted by molar-refractivity contribution is 5.77. The van der Waals surface area contributed by atoms with Crippen LogP contribution in [-0.4, -0.2) is 36.0 Å². The van der Waals surface area contributed by atoms with Gasteiger partial charge in [0.25, 0.3) is 0 Å². The Kier molecular flexibility index (Phi) is 5.03. The lowest BCUT2D eigenvalue weighted by Gasteiger charge is -2.41. The van der Waals surface area contributed by atoms with Gasteiger partial charge in [-0.3, -0.25) is 4.79 Å². The first kappa shape index (κ1) is 17.6. The second kappa shape index (κ2) is 7.43. The number of fused-ring (bicyclic) bond motifs is 1. The molecule has 140 valence electrons. The molecular weight excluding hydrogens is 324 g/mol. The molecule has 4 nitrogen and oxygen atoms in total. The summed E-state index contributed by atoms with van der Waals surface area (Å²) in [6.07, 6.45) is 11.5. The maximum atomic E-state index is 13.1. The summed E-state index contributed by atoms with van der Waals surface area (Å²) in [5.74, 6) is 1.65. The Labute approximate surface area is 156 Å². The molecule has 1 saturated carbocycles. The number of ether oxygens (including phenoxy) is 1. The van der Waals surface area contributed by atoms with Crippen molar-refractivity contribution in [3.8, 4) is 5.75 Å². The van der Waals surface area contributed by atoms with Gasteiger partial charge < -0.3 is 15.0 Å². The summed E-state index contributed by atoms with van der Waals surface area (Å²) in [6.45, 7) is 1.38. The van der Waals surface area contributed by atoms with Crippen molar-refractivity contribution < 1.29 is 9.53 Å². The normalized spacial score (nSPS) is 30.7. The van der Waals surface area contributed by atoms with Crippen molar-refractivity contribution in [2.75, 3.05) is 13.6 Å². The van der Waals surface area contributed by atoms with E-state index in [1.54, 1.807) is 0 Å². The number of carbonyl (C=O) groups excluding carboxylic acids is 1. The zero-order valence-electron chi connectivity index (χ0n) is 15.7. The Morgan fingerprint density at radius 3 is 2.81 bits per heavy atom. The Balaban J connectivity index is 1.56. The molecule has 1 spiro atoms. The summed E-state index contributed by atoms with van der Waals surface area (Å²) in [6, 6.07) is 8.81. The van der Waals surface area contributed by atoms with E-state index >= 15 is 0 Å². The number of rotatable bonds is 3. The van der Waals surface area contributed by atoms with Crippen molar-refractivity contribution in [2.24, 2.45) is 5.92 Å². The second-order valence-electron chi connectivity index (χ2n) is 8.18. The minimum absolute atomic E-state index is 0.235. The van der Waals surface area contributed by atoms with E-state index in [4.69, 9.17) is 4.74 Å². The monoisotopic (exact) mass is 354 g/mol. The van der Waals surface area contributed by atoms with E-state index in [1.165, 1.54) is 0 Å². The summed E-state index contributed by atoms with van der Waals surface area (Å²) in [4.78, 5) is 15.2. The van der Waals surface area contributed by atoms with Gasteiger partial charge in [-0.1, -0.05) is 30.4 Å². The van der Waals surface area contributed by atoms with E-state index in [2.05, 4.69) is 34.5 Å². The molecule has 2 aliphatic carbocycles. The summed E-state index contributed by atoms with van der Waals surface area (Å²) in [7, 11) is 2.04. The van der Waals surface area contributed by atoms with Gasteiger partial charge in [0.05, 0.1) is 6.54 Å². The molecule has 4 heteroatoms. The first-order chi connectivity index (χ1) is 12.7. The number of nitrogens with zero attached hydrogens (tertiary/aromatic N) is 1. The Morgan fingerprint density at radius 2 is 2.08 bits per heavy atom. The van der Waals surface area contributed by atoms with E-state index in [9.17, 15) is 4.79 Å². The first-order valence-electron chi connectivity index (χ1n) is 10.1. The molecule has 1 aliphatic heterocycles. The van der Waals surface area contributed by atoms with E-state index < -0.39 is 0 Å². The highest BCUT2D eigenvalue weighted by atomic mass is 16.5. The van der Waals surface area contributed by atoms with Gasteiger partial charge in [0.2, 0.25) is 5.91 Å². The van der Waals surface area contributed by atoms with Crippen LogP contribution in [0.4, 0.5) is 0 Å². The second-order valence-corrected chi connectivity index (χ2v) is 8.18. The van der Waals surface area contributed by atoms with E-state index in [0.29, 0.717) is 31.5 Å². The summed E-state index contributed by atoms with van der Waals surface area (Å²) >= 11 is 0. The number of para-hydroxylation sites is 1. The van der Waals surface area contributed by atoms with Gasteiger partial charge in [0.1, 0.15) is 11.4 Å². The molecule has 0 saturated heterocycles. The average molecular weight is 354 g/mol. The van der Waals surface area contributed by atoms with Crippen molar-refractivity contribution >= 4 is 5.91 Å². The molecule has 0 aromatic heterocycles. The van der Waals surface area contributed by atoms with Crippen LogP contribution in [0.5, 0.6) is 5.75 Å². The van der Waals surface area contributed by atoms with Crippen LogP contribution in [0.3, 0.4) is 0 Å². The average Bonchev–Trinajstić information content (AvgIpc) is 3.10. The molecule has 1 N–H and O–H groups in total. The molecule has 0 bridgehead atoms. The fraction of sp³-hybridized carbons (Fsp3) is 0.591. The summed E-state index contributed by atoms with van der Waals surface area (Å²) in [5, 5.41) is 3.40. The lowest BCUT2D eigenvalue weighted by molar-refractivity contribution is -0.135. The molecule has 1 aromatic carbocycles. The minimum Gasteiger partial charge on any atom is -0.485 e. The van der Waals surface area contributed by atoms with Gasteiger partial charge in [0.15, 0.2) is 0 Å². The predicted molar refractivity (Wildman–Crippen MR) is 103 cm³/mol. The van der Waals surface area contributed by atoms with Gasteiger partial charge in [-0.25, -0.2) is 0 Å². The van der Waals surface area contributed by atoms with E-state index in [0.717, 1.165) is 49.8 Å². The maximum absolute atomic E-state index is 13.1. The molecule has 1 atom stereocenters. The van der Waals surface area contributed by atoms with E-state index in [1.807, 2.05) is 19.2 Å². The van der Waals surface area contributed by atoms with Gasteiger partial charge in [-0.2, -0.15) is 0 Å². The van der Waals surface area contributed by atoms with Crippen LogP contribution in [-0.2, 0) is 11.3 Å². The van der Waals surface area contributed by atoms with Crippen LogP contribution in [0.2, 0.25) is 0 Å². The topological polar surface area (TPSA) is 41.6 Å². The third-order valence-corrected chi connectivity index (χ3v) is 6.35. The van der Waals surface area contributed by atoms with Crippen molar-refractivity contribution in [3.05, 3.63) is 42.0 Å². The maximum Gasteiger partial charge on any atom is 0.223 e. The third-order valence-electron chi connectivity index (χ3n) is 6.35. The molecule has 1 amide bonds. The van der Waals surface area contributed by atoms with Crippen LogP contribution >= 0.6 is 0 Å². The smallest absolute Gasteiger partial charge is 0.223 e.